The van der Waals surface area contributed by atoms with Gasteiger partial charge in [0.1, 0.15) is 17.4 Å². The van der Waals surface area contributed by atoms with E-state index >= 15 is 0 Å². The summed E-state index contributed by atoms with van der Waals surface area (Å²) in [4.78, 5) is 28.0. The van der Waals surface area contributed by atoms with E-state index in [1.807, 2.05) is 95.7 Å². The Morgan fingerprint density at radius 1 is 0.921 bits per heavy atom. The second kappa shape index (κ2) is 9.17. The van der Waals surface area contributed by atoms with E-state index in [1.165, 1.54) is 4.90 Å². The zero-order valence-electron chi connectivity index (χ0n) is 21.6. The highest BCUT2D eigenvalue weighted by molar-refractivity contribution is 5.95. The van der Waals surface area contributed by atoms with Crippen LogP contribution in [0.4, 0.5) is 4.79 Å². The lowest BCUT2D eigenvalue weighted by Gasteiger charge is -2.38. The van der Waals surface area contributed by atoms with E-state index in [0.717, 1.165) is 28.1 Å². The Hall–Kier alpha value is -4.39. The maximum Gasteiger partial charge on any atom is 0.417 e. The number of benzene rings is 3. The molecule has 0 unspecified atom stereocenters. The van der Waals surface area contributed by atoms with Crippen LogP contribution in [0.3, 0.4) is 0 Å². The molecule has 2 aliphatic rings. The van der Waals surface area contributed by atoms with Gasteiger partial charge in [-0.2, -0.15) is 5.10 Å². The standard InChI is InChI=1S/C31H29N3O4/c1-31(2,3)38-30(36)33-24(35)19-23-28(33)25(20-13-7-4-8-14-20)26-27(21-15-9-5-10-16-21)32-34(29(26)37-23)22-17-11-6-12-18-22/h4-18,23,25,28H,19H2,1-3H3/t23-,25-,28+/m1/s1. The summed E-state index contributed by atoms with van der Waals surface area (Å²) in [5.74, 6) is -0.0820. The Bertz CT molecular complexity index is 1480. The van der Waals surface area contributed by atoms with E-state index in [-0.39, 0.29) is 18.2 Å². The topological polar surface area (TPSA) is 73.7 Å². The third kappa shape index (κ3) is 4.14. The first kappa shape index (κ1) is 24.0. The largest absolute Gasteiger partial charge is 0.471 e. The van der Waals surface area contributed by atoms with Crippen LogP contribution in [0, 0.1) is 0 Å². The summed E-state index contributed by atoms with van der Waals surface area (Å²) in [6.45, 7) is 5.39. The van der Waals surface area contributed by atoms with Crippen molar-refractivity contribution in [2.75, 3.05) is 0 Å². The molecular weight excluding hydrogens is 478 g/mol. The van der Waals surface area contributed by atoms with Crippen molar-refractivity contribution >= 4 is 12.0 Å². The van der Waals surface area contributed by atoms with Crippen LogP contribution in [0.5, 0.6) is 5.88 Å². The smallest absolute Gasteiger partial charge is 0.417 e. The molecule has 0 bridgehead atoms. The van der Waals surface area contributed by atoms with Crippen molar-refractivity contribution in [2.45, 2.75) is 50.9 Å². The molecule has 3 aromatic carbocycles. The Morgan fingerprint density at radius 2 is 1.53 bits per heavy atom. The van der Waals surface area contributed by atoms with Gasteiger partial charge >= 0.3 is 6.09 Å². The number of para-hydroxylation sites is 1. The first-order valence-electron chi connectivity index (χ1n) is 12.8. The molecule has 2 amide bonds. The summed E-state index contributed by atoms with van der Waals surface area (Å²) < 4.78 is 14.1. The zero-order valence-corrected chi connectivity index (χ0v) is 21.6. The molecule has 3 atom stereocenters. The molecule has 1 fully saturated rings. The first-order valence-corrected chi connectivity index (χ1v) is 12.8. The number of carbonyl (C=O) groups excluding carboxylic acids is 2. The third-order valence-corrected chi connectivity index (χ3v) is 6.91. The molecule has 1 saturated heterocycles. The summed E-state index contributed by atoms with van der Waals surface area (Å²) >= 11 is 0. The minimum atomic E-state index is -0.744. The summed E-state index contributed by atoms with van der Waals surface area (Å²) in [7, 11) is 0. The van der Waals surface area contributed by atoms with Gasteiger partial charge in [-0.25, -0.2) is 14.4 Å². The predicted octanol–water partition coefficient (Wildman–Crippen LogP) is 5.97. The lowest BCUT2D eigenvalue weighted by molar-refractivity contribution is -0.128. The number of hydrogen-bond acceptors (Lipinski definition) is 5. The fourth-order valence-corrected chi connectivity index (χ4v) is 5.43. The average Bonchev–Trinajstić information content (AvgIpc) is 3.45. The van der Waals surface area contributed by atoms with Crippen LogP contribution >= 0.6 is 0 Å². The van der Waals surface area contributed by atoms with E-state index in [4.69, 9.17) is 14.6 Å². The van der Waals surface area contributed by atoms with Crippen LogP contribution in [0.1, 0.15) is 44.2 Å². The number of amides is 2. The summed E-state index contributed by atoms with van der Waals surface area (Å²) in [5, 5.41) is 5.06. The molecule has 3 heterocycles. The summed E-state index contributed by atoms with van der Waals surface area (Å²) in [6.07, 6.45) is -1.12. The molecule has 0 radical (unpaired) electrons. The van der Waals surface area contributed by atoms with E-state index < -0.39 is 23.8 Å². The molecule has 0 aliphatic carbocycles. The molecule has 2 aliphatic heterocycles. The minimum absolute atomic E-state index is 0.0767. The number of fused-ring (bicyclic) bond motifs is 2. The SMILES string of the molecule is CC(C)(C)OC(=O)N1C(=O)C[C@H]2Oc3c(c(-c4ccccc4)nn3-c3ccccc3)[C@@H](c3ccccc3)[C@H]21. The number of likely N-dealkylation sites (tertiary alicyclic amines) is 1. The summed E-state index contributed by atoms with van der Waals surface area (Å²) in [5.41, 5.74) is 3.60. The van der Waals surface area contributed by atoms with Gasteiger partial charge in [0.25, 0.3) is 0 Å². The highest BCUT2D eigenvalue weighted by Gasteiger charge is 2.55. The van der Waals surface area contributed by atoms with Crippen LogP contribution in [0.15, 0.2) is 91.0 Å². The van der Waals surface area contributed by atoms with Crippen molar-refractivity contribution in [3.8, 4) is 22.8 Å². The van der Waals surface area contributed by atoms with E-state index in [0.29, 0.717) is 5.88 Å². The number of nitrogens with zero attached hydrogens (tertiary/aromatic N) is 3. The maximum absolute atomic E-state index is 13.4. The van der Waals surface area contributed by atoms with Gasteiger partial charge in [-0.3, -0.25) is 4.79 Å². The molecule has 7 heteroatoms. The molecule has 0 saturated carbocycles. The number of hydrogen-bond donors (Lipinski definition) is 0. The number of carbonyl (C=O) groups is 2. The zero-order chi connectivity index (χ0) is 26.4. The predicted molar refractivity (Wildman–Crippen MR) is 143 cm³/mol. The van der Waals surface area contributed by atoms with Gasteiger partial charge in [0.2, 0.25) is 11.8 Å². The van der Waals surface area contributed by atoms with Crippen molar-refractivity contribution in [1.29, 1.82) is 0 Å². The number of rotatable bonds is 3. The summed E-state index contributed by atoms with van der Waals surface area (Å²) in [6, 6.07) is 29.1. The molecule has 38 heavy (non-hydrogen) atoms. The molecule has 6 rings (SSSR count). The second-order valence-corrected chi connectivity index (χ2v) is 10.7. The van der Waals surface area contributed by atoms with Crippen LogP contribution in [-0.2, 0) is 9.53 Å². The van der Waals surface area contributed by atoms with Crippen LogP contribution in [0.2, 0.25) is 0 Å². The highest BCUT2D eigenvalue weighted by Crippen LogP contribution is 2.50. The normalized spacial score (nSPS) is 20.4. The Kier molecular flexibility index (Phi) is 5.79. The monoisotopic (exact) mass is 507 g/mol. The minimum Gasteiger partial charge on any atom is -0.471 e. The van der Waals surface area contributed by atoms with E-state index in [1.54, 1.807) is 20.8 Å². The highest BCUT2D eigenvalue weighted by atomic mass is 16.6. The van der Waals surface area contributed by atoms with Gasteiger partial charge in [0, 0.05) is 11.5 Å². The molecule has 4 aromatic rings. The van der Waals surface area contributed by atoms with Crippen molar-refractivity contribution in [2.24, 2.45) is 0 Å². The lowest BCUT2D eigenvalue weighted by Crippen LogP contribution is -2.50. The molecule has 0 N–H and O–H groups in total. The molecule has 7 nitrogen and oxygen atoms in total. The number of imide groups is 1. The van der Waals surface area contributed by atoms with Gasteiger partial charge in [-0.15, -0.1) is 0 Å². The molecule has 0 spiro atoms. The lowest BCUT2D eigenvalue weighted by atomic mass is 9.80. The van der Waals surface area contributed by atoms with Gasteiger partial charge < -0.3 is 9.47 Å². The van der Waals surface area contributed by atoms with Gasteiger partial charge in [-0.05, 0) is 38.5 Å². The van der Waals surface area contributed by atoms with Gasteiger partial charge in [-0.1, -0.05) is 78.9 Å². The van der Waals surface area contributed by atoms with E-state index in [9.17, 15) is 9.59 Å². The maximum atomic E-state index is 13.4. The van der Waals surface area contributed by atoms with Gasteiger partial charge in [0.05, 0.1) is 23.7 Å². The Balaban J connectivity index is 1.59. The molecule has 1 aromatic heterocycles. The van der Waals surface area contributed by atoms with Gasteiger partial charge in [0.15, 0.2) is 0 Å². The van der Waals surface area contributed by atoms with E-state index in [2.05, 4.69) is 0 Å². The van der Waals surface area contributed by atoms with Crippen LogP contribution in [-0.4, -0.2) is 44.4 Å². The fourth-order valence-electron chi connectivity index (χ4n) is 5.43. The van der Waals surface area contributed by atoms with Crippen molar-refractivity contribution in [3.63, 3.8) is 0 Å². The fraction of sp³-hybridized carbons (Fsp3) is 0.258. The Morgan fingerprint density at radius 3 is 2.16 bits per heavy atom. The first-order chi connectivity index (χ1) is 18.3. The molecule has 192 valence electrons. The van der Waals surface area contributed by atoms with Crippen LogP contribution < -0.4 is 4.74 Å². The second-order valence-electron chi connectivity index (χ2n) is 10.7. The quantitative estimate of drug-likeness (QED) is 0.342. The van der Waals surface area contributed by atoms with Crippen molar-refractivity contribution < 1.29 is 19.1 Å². The number of aromatic nitrogens is 2. The number of ether oxygens (including phenoxy) is 2. The average molecular weight is 508 g/mol. The third-order valence-electron chi connectivity index (χ3n) is 6.91. The molecular formula is C31H29N3O4. The van der Waals surface area contributed by atoms with Crippen molar-refractivity contribution in [3.05, 3.63) is 102 Å². The Labute approximate surface area is 221 Å². The van der Waals surface area contributed by atoms with Crippen LogP contribution in [0.25, 0.3) is 16.9 Å². The van der Waals surface area contributed by atoms with Crippen molar-refractivity contribution in [1.82, 2.24) is 14.7 Å².